The predicted octanol–water partition coefficient (Wildman–Crippen LogP) is 4.14. The summed E-state index contributed by atoms with van der Waals surface area (Å²) < 4.78 is 10.7. The average molecular weight is 365 g/mol. The molecule has 0 aliphatic carbocycles. The smallest absolute Gasteiger partial charge is 0.407 e. The topological polar surface area (TPSA) is 47.6 Å². The van der Waals surface area contributed by atoms with Gasteiger partial charge in [0.2, 0.25) is 0 Å². The Labute approximate surface area is 132 Å². The number of alkyl carbamates (subject to hydrolysis) is 1. The summed E-state index contributed by atoms with van der Waals surface area (Å²) in [6.45, 7) is 6.19. The lowest BCUT2D eigenvalue weighted by atomic mass is 10.2. The van der Waals surface area contributed by atoms with E-state index in [0.717, 1.165) is 11.3 Å². The van der Waals surface area contributed by atoms with Crippen molar-refractivity contribution < 1.29 is 14.3 Å². The van der Waals surface area contributed by atoms with Gasteiger partial charge in [-0.15, -0.1) is 0 Å². The molecular formula is C14H19BrClNO3. The van der Waals surface area contributed by atoms with E-state index >= 15 is 0 Å². The summed E-state index contributed by atoms with van der Waals surface area (Å²) in [7, 11) is 0. The first-order chi connectivity index (χ1) is 9.31. The zero-order valence-corrected chi connectivity index (χ0v) is 14.2. The number of carbonyl (C=O) groups is 1. The fourth-order valence-electron chi connectivity index (χ4n) is 1.42. The first-order valence-corrected chi connectivity index (χ1v) is 7.76. The van der Waals surface area contributed by atoms with Crippen molar-refractivity contribution >= 4 is 33.6 Å². The van der Waals surface area contributed by atoms with E-state index in [1.54, 1.807) is 6.07 Å². The minimum Gasteiger partial charge on any atom is -0.491 e. The molecular weight excluding hydrogens is 346 g/mol. The molecule has 0 aliphatic heterocycles. The Balaban J connectivity index is 2.36. The van der Waals surface area contributed by atoms with E-state index in [4.69, 9.17) is 21.1 Å². The van der Waals surface area contributed by atoms with Crippen LogP contribution in [-0.4, -0.2) is 24.8 Å². The maximum absolute atomic E-state index is 11.4. The highest BCUT2D eigenvalue weighted by molar-refractivity contribution is 9.08. The molecule has 0 atom stereocenters. The van der Waals surface area contributed by atoms with Crippen LogP contribution in [0.15, 0.2) is 18.2 Å². The zero-order chi connectivity index (χ0) is 15.2. The molecule has 1 amide bonds. The van der Waals surface area contributed by atoms with Crippen molar-refractivity contribution in [3.8, 4) is 5.75 Å². The number of nitrogens with one attached hydrogen (secondary N) is 1. The van der Waals surface area contributed by atoms with Crippen molar-refractivity contribution in [3.63, 3.8) is 0 Å². The van der Waals surface area contributed by atoms with Crippen LogP contribution in [-0.2, 0) is 10.1 Å². The van der Waals surface area contributed by atoms with Crippen LogP contribution in [0.2, 0.25) is 5.02 Å². The molecule has 0 unspecified atom stereocenters. The molecule has 0 fully saturated rings. The van der Waals surface area contributed by atoms with Crippen LogP contribution in [0, 0.1) is 0 Å². The number of hydrogen-bond acceptors (Lipinski definition) is 3. The summed E-state index contributed by atoms with van der Waals surface area (Å²) in [5.74, 6) is 0.747. The minimum atomic E-state index is -0.496. The van der Waals surface area contributed by atoms with Crippen LogP contribution in [0.5, 0.6) is 5.75 Å². The number of hydrogen-bond donors (Lipinski definition) is 1. The molecule has 0 saturated carbocycles. The van der Waals surface area contributed by atoms with Crippen molar-refractivity contribution in [1.82, 2.24) is 5.32 Å². The van der Waals surface area contributed by atoms with Gasteiger partial charge in [0.05, 0.1) is 6.54 Å². The number of halogens is 2. The maximum atomic E-state index is 11.4. The number of amides is 1. The van der Waals surface area contributed by atoms with Gasteiger partial charge in [-0.05, 0) is 39.0 Å². The highest BCUT2D eigenvalue weighted by Crippen LogP contribution is 2.24. The average Bonchev–Trinajstić information content (AvgIpc) is 2.33. The number of carbonyl (C=O) groups excluding carboxylic acids is 1. The van der Waals surface area contributed by atoms with E-state index in [1.165, 1.54) is 0 Å². The van der Waals surface area contributed by atoms with Crippen molar-refractivity contribution in [2.24, 2.45) is 0 Å². The Hall–Kier alpha value is -0.940. The normalized spacial score (nSPS) is 11.1. The van der Waals surface area contributed by atoms with E-state index in [0.29, 0.717) is 23.5 Å². The Bertz CT molecular complexity index is 460. The Kier molecular flexibility index (Phi) is 6.62. The molecule has 0 spiro atoms. The molecule has 1 aromatic carbocycles. The minimum absolute atomic E-state index is 0.362. The Morgan fingerprint density at radius 3 is 2.70 bits per heavy atom. The van der Waals surface area contributed by atoms with Gasteiger partial charge < -0.3 is 14.8 Å². The van der Waals surface area contributed by atoms with Crippen molar-refractivity contribution in [2.45, 2.75) is 31.7 Å². The number of benzene rings is 1. The molecule has 4 nitrogen and oxygen atoms in total. The summed E-state index contributed by atoms with van der Waals surface area (Å²) in [5, 5.41) is 3.95. The summed E-state index contributed by atoms with van der Waals surface area (Å²) in [6, 6.07) is 5.42. The molecule has 112 valence electrons. The molecule has 0 bridgehead atoms. The van der Waals surface area contributed by atoms with E-state index in [2.05, 4.69) is 21.2 Å². The highest BCUT2D eigenvalue weighted by Gasteiger charge is 2.15. The van der Waals surface area contributed by atoms with Gasteiger partial charge in [0.25, 0.3) is 0 Å². The largest absolute Gasteiger partial charge is 0.491 e. The van der Waals surface area contributed by atoms with E-state index < -0.39 is 11.7 Å². The summed E-state index contributed by atoms with van der Waals surface area (Å²) in [4.78, 5) is 11.4. The number of ether oxygens (including phenoxy) is 2. The van der Waals surface area contributed by atoms with Crippen LogP contribution in [0.1, 0.15) is 26.3 Å². The third kappa shape index (κ3) is 6.48. The van der Waals surface area contributed by atoms with Crippen molar-refractivity contribution in [3.05, 3.63) is 28.8 Å². The number of alkyl halides is 1. The lowest BCUT2D eigenvalue weighted by Gasteiger charge is -2.19. The number of rotatable bonds is 5. The molecule has 0 saturated heterocycles. The third-order valence-corrected chi connectivity index (χ3v) is 3.03. The van der Waals surface area contributed by atoms with Gasteiger partial charge in [-0.25, -0.2) is 4.79 Å². The monoisotopic (exact) mass is 363 g/mol. The van der Waals surface area contributed by atoms with Gasteiger partial charge in [-0.3, -0.25) is 0 Å². The van der Waals surface area contributed by atoms with Gasteiger partial charge in [0, 0.05) is 15.9 Å². The van der Waals surface area contributed by atoms with Gasteiger partial charge in [0.15, 0.2) is 0 Å². The molecule has 1 rings (SSSR count). The maximum Gasteiger partial charge on any atom is 0.407 e. The zero-order valence-electron chi connectivity index (χ0n) is 11.8. The fourth-order valence-corrected chi connectivity index (χ4v) is 2.05. The molecule has 0 aromatic heterocycles. The van der Waals surface area contributed by atoms with E-state index in [-0.39, 0.29) is 0 Å². The summed E-state index contributed by atoms with van der Waals surface area (Å²) in [6.07, 6.45) is -0.446. The predicted molar refractivity (Wildman–Crippen MR) is 83.8 cm³/mol. The SMILES string of the molecule is CC(C)(C)OC(=O)NCCOc1ccc(Cl)cc1CBr. The Morgan fingerprint density at radius 2 is 2.10 bits per heavy atom. The highest BCUT2D eigenvalue weighted by atomic mass is 79.9. The quantitative estimate of drug-likeness (QED) is 0.631. The first kappa shape index (κ1) is 17.1. The summed E-state index contributed by atoms with van der Waals surface area (Å²) in [5.41, 5.74) is 0.472. The third-order valence-electron chi connectivity index (χ3n) is 2.19. The molecule has 6 heteroatoms. The van der Waals surface area contributed by atoms with Crippen molar-refractivity contribution in [2.75, 3.05) is 13.2 Å². The van der Waals surface area contributed by atoms with Crippen LogP contribution in [0.4, 0.5) is 4.79 Å². The second-order valence-corrected chi connectivity index (χ2v) is 6.16. The Morgan fingerprint density at radius 1 is 1.40 bits per heavy atom. The molecule has 0 radical (unpaired) electrons. The van der Waals surface area contributed by atoms with Crippen LogP contribution in [0.3, 0.4) is 0 Å². The van der Waals surface area contributed by atoms with Gasteiger partial charge >= 0.3 is 6.09 Å². The van der Waals surface area contributed by atoms with Crippen LogP contribution >= 0.6 is 27.5 Å². The second-order valence-electron chi connectivity index (χ2n) is 5.16. The lowest BCUT2D eigenvalue weighted by Crippen LogP contribution is -2.34. The summed E-state index contributed by atoms with van der Waals surface area (Å²) >= 11 is 9.29. The molecule has 0 heterocycles. The van der Waals surface area contributed by atoms with Crippen LogP contribution in [0.25, 0.3) is 0 Å². The van der Waals surface area contributed by atoms with Gasteiger partial charge in [0.1, 0.15) is 18.0 Å². The lowest BCUT2D eigenvalue weighted by molar-refractivity contribution is 0.0520. The van der Waals surface area contributed by atoms with E-state index in [1.807, 2.05) is 32.9 Å². The molecule has 1 N–H and O–H groups in total. The standard InChI is InChI=1S/C14H19BrClNO3/c1-14(2,3)20-13(18)17-6-7-19-12-5-4-11(16)8-10(12)9-15/h4-5,8H,6-7,9H2,1-3H3,(H,17,18). The van der Waals surface area contributed by atoms with Gasteiger partial charge in [-0.2, -0.15) is 0 Å². The van der Waals surface area contributed by atoms with Gasteiger partial charge in [-0.1, -0.05) is 27.5 Å². The fraction of sp³-hybridized carbons (Fsp3) is 0.500. The molecule has 1 aromatic rings. The van der Waals surface area contributed by atoms with E-state index in [9.17, 15) is 4.79 Å². The molecule has 20 heavy (non-hydrogen) atoms. The molecule has 0 aliphatic rings. The van der Waals surface area contributed by atoms with Crippen molar-refractivity contribution in [1.29, 1.82) is 0 Å². The second kappa shape index (κ2) is 7.74. The van der Waals surface area contributed by atoms with Crippen LogP contribution < -0.4 is 10.1 Å². The first-order valence-electron chi connectivity index (χ1n) is 6.26.